The van der Waals surface area contributed by atoms with Crippen LogP contribution in [0.15, 0.2) is 71.6 Å². The van der Waals surface area contributed by atoms with E-state index in [-0.39, 0.29) is 17.9 Å². The van der Waals surface area contributed by atoms with Crippen molar-refractivity contribution < 1.29 is 23.8 Å². The molecule has 0 spiro atoms. The molecule has 2 aromatic carbocycles. The van der Waals surface area contributed by atoms with Gasteiger partial charge in [-0.1, -0.05) is 18.2 Å². The summed E-state index contributed by atoms with van der Waals surface area (Å²) in [5.41, 5.74) is 0.923. The molecule has 1 aliphatic rings. The molecule has 7 heteroatoms. The molecule has 1 aliphatic heterocycles. The molecule has 158 valence electrons. The van der Waals surface area contributed by atoms with Gasteiger partial charge in [0.25, 0.3) is 11.7 Å². The van der Waals surface area contributed by atoms with E-state index in [4.69, 9.17) is 4.74 Å². The number of aliphatic hydroxyl groups excluding tert-OH is 1. The van der Waals surface area contributed by atoms with E-state index in [1.54, 1.807) is 24.3 Å². The molecule has 0 bridgehead atoms. The summed E-state index contributed by atoms with van der Waals surface area (Å²) in [5, 5.41) is 12.9. The van der Waals surface area contributed by atoms with E-state index in [0.29, 0.717) is 23.5 Å². The number of hydrogen-bond acceptors (Lipinski definition) is 5. The van der Waals surface area contributed by atoms with Crippen molar-refractivity contribution in [1.29, 1.82) is 0 Å². The standard InChI is InChI=1S/C24H20FNO4S/c1-2-30-18-11-7-16(8-12-18)22(27)20-21(15-5-9-17(25)10-6-15)26(24(29)23(20)28)14-19-4-3-13-31-19/h3-13,21,27H,2,14H2,1H3/b22-20+. The monoisotopic (exact) mass is 437 g/mol. The van der Waals surface area contributed by atoms with Crippen LogP contribution in [0.3, 0.4) is 0 Å². The van der Waals surface area contributed by atoms with Crippen LogP contribution >= 0.6 is 11.3 Å². The molecule has 1 N–H and O–H groups in total. The van der Waals surface area contributed by atoms with E-state index in [2.05, 4.69) is 0 Å². The highest BCUT2D eigenvalue weighted by Gasteiger charge is 2.46. The highest BCUT2D eigenvalue weighted by Crippen LogP contribution is 2.40. The van der Waals surface area contributed by atoms with Crippen molar-refractivity contribution in [1.82, 2.24) is 4.90 Å². The molecule has 0 aliphatic carbocycles. The molecule has 31 heavy (non-hydrogen) atoms. The van der Waals surface area contributed by atoms with Crippen LogP contribution in [0.1, 0.15) is 29.0 Å². The predicted molar refractivity (Wildman–Crippen MR) is 116 cm³/mol. The number of nitrogens with zero attached hydrogens (tertiary/aromatic N) is 1. The van der Waals surface area contributed by atoms with Gasteiger partial charge in [0.05, 0.1) is 24.8 Å². The molecule has 1 fully saturated rings. The minimum absolute atomic E-state index is 0.0164. The van der Waals surface area contributed by atoms with Gasteiger partial charge in [0.2, 0.25) is 0 Å². The predicted octanol–water partition coefficient (Wildman–Crippen LogP) is 4.91. The van der Waals surface area contributed by atoms with Crippen molar-refractivity contribution in [3.63, 3.8) is 0 Å². The molecule has 1 atom stereocenters. The van der Waals surface area contributed by atoms with Crippen LogP contribution in [-0.2, 0) is 16.1 Å². The van der Waals surface area contributed by atoms with Crippen molar-refractivity contribution in [2.45, 2.75) is 19.5 Å². The Morgan fingerprint density at radius 2 is 1.81 bits per heavy atom. The highest BCUT2D eigenvalue weighted by atomic mass is 32.1. The minimum atomic E-state index is -0.825. The summed E-state index contributed by atoms with van der Waals surface area (Å²) in [6, 6.07) is 15.2. The summed E-state index contributed by atoms with van der Waals surface area (Å²) in [6.07, 6.45) is 0. The van der Waals surface area contributed by atoms with Gasteiger partial charge in [0.1, 0.15) is 17.3 Å². The third kappa shape index (κ3) is 4.09. The fraction of sp³-hybridized carbons (Fsp3) is 0.167. The lowest BCUT2D eigenvalue weighted by molar-refractivity contribution is -0.140. The summed E-state index contributed by atoms with van der Waals surface area (Å²) < 4.78 is 19.0. The highest BCUT2D eigenvalue weighted by molar-refractivity contribution is 7.09. The lowest BCUT2D eigenvalue weighted by atomic mass is 9.95. The second-order valence-corrected chi connectivity index (χ2v) is 8.05. The van der Waals surface area contributed by atoms with Crippen LogP contribution in [0.2, 0.25) is 0 Å². The Labute approximate surface area is 183 Å². The molecular weight excluding hydrogens is 417 g/mol. The first kappa shape index (κ1) is 20.8. The van der Waals surface area contributed by atoms with E-state index in [9.17, 15) is 19.1 Å². The molecule has 2 heterocycles. The van der Waals surface area contributed by atoms with E-state index >= 15 is 0 Å². The number of likely N-dealkylation sites (tertiary alicyclic amines) is 1. The van der Waals surface area contributed by atoms with Crippen molar-refractivity contribution in [3.8, 4) is 5.75 Å². The summed E-state index contributed by atoms with van der Waals surface area (Å²) in [4.78, 5) is 28.2. The quantitative estimate of drug-likeness (QED) is 0.338. The normalized spacial score (nSPS) is 17.9. The third-order valence-corrected chi connectivity index (χ3v) is 5.93. The number of aliphatic hydroxyl groups is 1. The van der Waals surface area contributed by atoms with Crippen LogP contribution in [0, 0.1) is 5.82 Å². The van der Waals surface area contributed by atoms with Crippen molar-refractivity contribution >= 4 is 28.8 Å². The number of ketones is 1. The van der Waals surface area contributed by atoms with E-state index in [1.807, 2.05) is 24.4 Å². The number of thiophene rings is 1. The molecule has 1 aromatic heterocycles. The van der Waals surface area contributed by atoms with Crippen molar-refractivity contribution in [2.24, 2.45) is 0 Å². The average Bonchev–Trinajstić information content (AvgIpc) is 3.37. The van der Waals surface area contributed by atoms with Gasteiger partial charge in [0.15, 0.2) is 0 Å². The minimum Gasteiger partial charge on any atom is -0.507 e. The van der Waals surface area contributed by atoms with Crippen LogP contribution < -0.4 is 4.74 Å². The van der Waals surface area contributed by atoms with E-state index in [1.165, 1.54) is 40.5 Å². The Hall–Kier alpha value is -3.45. The first-order chi connectivity index (χ1) is 15.0. The summed E-state index contributed by atoms with van der Waals surface area (Å²) in [7, 11) is 0. The maximum atomic E-state index is 13.5. The average molecular weight is 437 g/mol. The molecule has 3 aromatic rings. The number of amides is 1. The molecule has 5 nitrogen and oxygen atoms in total. The van der Waals surface area contributed by atoms with Gasteiger partial charge in [-0.3, -0.25) is 9.59 Å². The molecule has 4 rings (SSSR count). The maximum Gasteiger partial charge on any atom is 0.295 e. The zero-order valence-corrected chi connectivity index (χ0v) is 17.6. The van der Waals surface area contributed by atoms with Gasteiger partial charge in [-0.15, -0.1) is 11.3 Å². The third-order valence-electron chi connectivity index (χ3n) is 5.07. The maximum absolute atomic E-state index is 13.5. The zero-order valence-electron chi connectivity index (χ0n) is 16.7. The fourth-order valence-electron chi connectivity index (χ4n) is 3.64. The van der Waals surface area contributed by atoms with Crippen LogP contribution in [0.25, 0.3) is 5.76 Å². The van der Waals surface area contributed by atoms with Gasteiger partial charge in [-0.2, -0.15) is 0 Å². The largest absolute Gasteiger partial charge is 0.507 e. The van der Waals surface area contributed by atoms with Gasteiger partial charge < -0.3 is 14.7 Å². The molecule has 0 radical (unpaired) electrons. The Morgan fingerprint density at radius 1 is 1.10 bits per heavy atom. The zero-order chi connectivity index (χ0) is 22.0. The van der Waals surface area contributed by atoms with Gasteiger partial charge in [-0.25, -0.2) is 4.39 Å². The Morgan fingerprint density at radius 3 is 2.42 bits per heavy atom. The van der Waals surface area contributed by atoms with Gasteiger partial charge in [-0.05, 0) is 60.3 Å². The molecule has 1 amide bonds. The fourth-order valence-corrected chi connectivity index (χ4v) is 4.34. The Kier molecular flexibility index (Phi) is 5.86. The van der Waals surface area contributed by atoms with E-state index in [0.717, 1.165) is 4.88 Å². The summed E-state index contributed by atoms with van der Waals surface area (Å²) in [5.74, 6) is -1.53. The first-order valence-corrected chi connectivity index (χ1v) is 10.7. The van der Waals surface area contributed by atoms with Crippen LogP contribution in [0.4, 0.5) is 4.39 Å². The number of carbonyl (C=O) groups excluding carboxylic acids is 2. The molecular formula is C24H20FNO4S. The number of benzene rings is 2. The lowest BCUT2D eigenvalue weighted by Crippen LogP contribution is -2.28. The molecule has 0 saturated carbocycles. The summed E-state index contributed by atoms with van der Waals surface area (Å²) >= 11 is 1.47. The smallest absolute Gasteiger partial charge is 0.295 e. The number of hydrogen-bond donors (Lipinski definition) is 1. The first-order valence-electron chi connectivity index (χ1n) is 9.79. The number of Topliss-reactive ketones (excluding diaryl/α,β-unsaturated/α-hetero) is 1. The second kappa shape index (κ2) is 8.73. The summed E-state index contributed by atoms with van der Waals surface area (Å²) in [6.45, 7) is 2.58. The SMILES string of the molecule is CCOc1ccc(/C(O)=C2\C(=O)C(=O)N(Cc3cccs3)C2c2ccc(F)cc2)cc1. The van der Waals surface area contributed by atoms with Crippen molar-refractivity contribution in [3.05, 3.63) is 93.4 Å². The van der Waals surface area contributed by atoms with Crippen molar-refractivity contribution in [2.75, 3.05) is 6.61 Å². The number of carbonyl (C=O) groups is 2. The topological polar surface area (TPSA) is 66.8 Å². The Bertz CT molecular complexity index is 1120. The van der Waals surface area contributed by atoms with Crippen LogP contribution in [0.5, 0.6) is 5.75 Å². The number of halogens is 1. The van der Waals surface area contributed by atoms with Gasteiger partial charge >= 0.3 is 0 Å². The van der Waals surface area contributed by atoms with Crippen LogP contribution in [-0.4, -0.2) is 28.3 Å². The van der Waals surface area contributed by atoms with Gasteiger partial charge in [0, 0.05) is 10.4 Å². The Balaban J connectivity index is 1.81. The number of rotatable bonds is 6. The van der Waals surface area contributed by atoms with E-state index < -0.39 is 23.5 Å². The molecule has 1 saturated heterocycles. The number of ether oxygens (including phenoxy) is 1. The lowest BCUT2D eigenvalue weighted by Gasteiger charge is -2.25. The second-order valence-electron chi connectivity index (χ2n) is 7.02. The molecule has 1 unspecified atom stereocenters.